The van der Waals surface area contributed by atoms with Gasteiger partial charge in [-0.15, -0.1) is 0 Å². The summed E-state index contributed by atoms with van der Waals surface area (Å²) in [7, 11) is 1.46. The highest BCUT2D eigenvalue weighted by atomic mass is 19.2. The molecular weight excluding hydrogens is 214 g/mol. The van der Waals surface area contributed by atoms with Gasteiger partial charge in [-0.25, -0.2) is 8.78 Å². The Labute approximate surface area is 93.0 Å². The summed E-state index contributed by atoms with van der Waals surface area (Å²) in [5.41, 5.74) is 0.614. The molecule has 0 bridgehead atoms. The zero-order chi connectivity index (χ0) is 11.5. The first-order valence-corrected chi connectivity index (χ1v) is 5.21. The Morgan fingerprint density at radius 2 is 1.81 bits per heavy atom. The number of benzene rings is 1. The number of anilines is 1. The summed E-state index contributed by atoms with van der Waals surface area (Å²) in [5.74, 6) is -1.34. The van der Waals surface area contributed by atoms with Crippen LogP contribution in [0.15, 0.2) is 12.1 Å². The van der Waals surface area contributed by atoms with E-state index >= 15 is 0 Å². The van der Waals surface area contributed by atoms with E-state index < -0.39 is 11.6 Å². The average molecular weight is 228 g/mol. The topological polar surface area (TPSA) is 24.5 Å². The molecule has 1 N–H and O–H groups in total. The van der Waals surface area contributed by atoms with Crippen LogP contribution in [-0.2, 0) is 0 Å². The third-order valence-electron chi connectivity index (χ3n) is 2.68. The van der Waals surface area contributed by atoms with Gasteiger partial charge in [-0.3, -0.25) is 0 Å². The summed E-state index contributed by atoms with van der Waals surface area (Å²) < 4.78 is 31.3. The van der Waals surface area contributed by atoms with Crippen LogP contribution in [0.5, 0.6) is 5.75 Å². The Bertz CT molecular complexity index is 378. The molecule has 1 heterocycles. The minimum absolute atomic E-state index is 0.376. The molecule has 0 amide bonds. The normalized spacial score (nSPS) is 16.3. The molecule has 0 atom stereocenters. The van der Waals surface area contributed by atoms with E-state index in [4.69, 9.17) is 4.74 Å². The highest BCUT2D eigenvalue weighted by Crippen LogP contribution is 2.30. The quantitative estimate of drug-likeness (QED) is 0.827. The highest BCUT2D eigenvalue weighted by molar-refractivity contribution is 5.59. The molecule has 1 aromatic rings. The average Bonchev–Trinajstić information content (AvgIpc) is 2.33. The van der Waals surface area contributed by atoms with Gasteiger partial charge in [0.1, 0.15) is 5.75 Å². The summed E-state index contributed by atoms with van der Waals surface area (Å²) in [6.45, 7) is 3.20. The van der Waals surface area contributed by atoms with E-state index in [0.29, 0.717) is 11.4 Å². The maximum absolute atomic E-state index is 13.2. The minimum atomic E-state index is -0.879. The van der Waals surface area contributed by atoms with Crippen molar-refractivity contribution < 1.29 is 13.5 Å². The standard InChI is InChI=1S/C11H14F2N2O/c1-16-11-7-9(13)8(12)6-10(11)15-4-2-14-3-5-15/h6-7,14H,2-5H2,1H3. The Balaban J connectivity index is 2.33. The lowest BCUT2D eigenvalue weighted by molar-refractivity contribution is 0.404. The second-order valence-electron chi connectivity index (χ2n) is 3.68. The van der Waals surface area contributed by atoms with Crippen LogP contribution in [-0.4, -0.2) is 33.3 Å². The summed E-state index contributed by atoms with van der Waals surface area (Å²) in [6.07, 6.45) is 0. The van der Waals surface area contributed by atoms with Crippen LogP contribution in [0.3, 0.4) is 0 Å². The number of halogens is 2. The molecule has 0 aromatic heterocycles. The molecular formula is C11H14F2N2O. The van der Waals surface area contributed by atoms with Crippen molar-refractivity contribution in [2.24, 2.45) is 0 Å². The van der Waals surface area contributed by atoms with Crippen LogP contribution >= 0.6 is 0 Å². The lowest BCUT2D eigenvalue weighted by atomic mass is 10.2. The SMILES string of the molecule is COc1cc(F)c(F)cc1N1CCNCC1. The first-order valence-electron chi connectivity index (χ1n) is 5.21. The smallest absolute Gasteiger partial charge is 0.162 e. The Morgan fingerprint density at radius 3 is 2.44 bits per heavy atom. The second-order valence-corrected chi connectivity index (χ2v) is 3.68. The molecule has 1 saturated heterocycles. The third-order valence-corrected chi connectivity index (χ3v) is 2.68. The van der Waals surface area contributed by atoms with Gasteiger partial charge in [0.05, 0.1) is 12.8 Å². The van der Waals surface area contributed by atoms with Gasteiger partial charge in [0.15, 0.2) is 11.6 Å². The van der Waals surface area contributed by atoms with Gasteiger partial charge in [-0.1, -0.05) is 0 Å². The summed E-state index contributed by atoms with van der Waals surface area (Å²) in [4.78, 5) is 1.98. The van der Waals surface area contributed by atoms with E-state index in [2.05, 4.69) is 5.32 Å². The molecule has 1 fully saturated rings. The van der Waals surface area contributed by atoms with Gasteiger partial charge in [-0.05, 0) is 0 Å². The highest BCUT2D eigenvalue weighted by Gasteiger charge is 2.17. The fourth-order valence-corrected chi connectivity index (χ4v) is 1.83. The maximum Gasteiger partial charge on any atom is 0.162 e. The minimum Gasteiger partial charge on any atom is -0.494 e. The molecule has 0 aliphatic carbocycles. The number of piperazine rings is 1. The zero-order valence-electron chi connectivity index (χ0n) is 9.09. The molecule has 0 saturated carbocycles. The number of methoxy groups -OCH3 is 1. The number of hydrogen-bond acceptors (Lipinski definition) is 3. The van der Waals surface area contributed by atoms with Gasteiger partial charge >= 0.3 is 0 Å². The molecule has 3 nitrogen and oxygen atoms in total. The van der Waals surface area contributed by atoms with Crippen LogP contribution < -0.4 is 15.0 Å². The van der Waals surface area contributed by atoms with Crippen LogP contribution in [0.2, 0.25) is 0 Å². The van der Waals surface area contributed by atoms with E-state index in [0.717, 1.165) is 32.2 Å². The number of rotatable bonds is 2. The third kappa shape index (κ3) is 2.09. The predicted octanol–water partition coefficient (Wildman–Crippen LogP) is 1.38. The van der Waals surface area contributed by atoms with Crippen LogP contribution in [0.1, 0.15) is 0 Å². The van der Waals surface area contributed by atoms with Crippen molar-refractivity contribution in [3.63, 3.8) is 0 Å². The van der Waals surface area contributed by atoms with Crippen molar-refractivity contribution in [1.82, 2.24) is 5.32 Å². The van der Waals surface area contributed by atoms with Crippen LogP contribution in [0.25, 0.3) is 0 Å². The first kappa shape index (κ1) is 11.1. The largest absolute Gasteiger partial charge is 0.494 e. The van der Waals surface area contributed by atoms with Gasteiger partial charge in [0.2, 0.25) is 0 Å². The number of ether oxygens (including phenoxy) is 1. The molecule has 0 unspecified atom stereocenters. The van der Waals surface area contributed by atoms with E-state index in [-0.39, 0.29) is 0 Å². The van der Waals surface area contributed by atoms with Crippen molar-refractivity contribution in [3.8, 4) is 5.75 Å². The van der Waals surface area contributed by atoms with E-state index in [9.17, 15) is 8.78 Å². The monoisotopic (exact) mass is 228 g/mol. The van der Waals surface area contributed by atoms with Gasteiger partial charge < -0.3 is 15.0 Å². The zero-order valence-corrected chi connectivity index (χ0v) is 9.09. The van der Waals surface area contributed by atoms with Gasteiger partial charge in [-0.2, -0.15) is 0 Å². The molecule has 5 heteroatoms. The fraction of sp³-hybridized carbons (Fsp3) is 0.455. The van der Waals surface area contributed by atoms with E-state index in [1.807, 2.05) is 4.90 Å². The van der Waals surface area contributed by atoms with Crippen molar-refractivity contribution in [2.75, 3.05) is 38.2 Å². The van der Waals surface area contributed by atoms with Crippen molar-refractivity contribution in [1.29, 1.82) is 0 Å². The Hall–Kier alpha value is -1.36. The Morgan fingerprint density at radius 1 is 1.19 bits per heavy atom. The molecule has 16 heavy (non-hydrogen) atoms. The molecule has 2 rings (SSSR count). The number of hydrogen-bond donors (Lipinski definition) is 1. The van der Waals surface area contributed by atoms with Crippen molar-refractivity contribution >= 4 is 5.69 Å². The first-order chi connectivity index (χ1) is 7.72. The van der Waals surface area contributed by atoms with Gasteiger partial charge in [0.25, 0.3) is 0 Å². The molecule has 1 aliphatic heterocycles. The second kappa shape index (κ2) is 4.65. The molecule has 1 aliphatic rings. The number of nitrogens with one attached hydrogen (secondary N) is 1. The molecule has 0 radical (unpaired) electrons. The molecule has 1 aromatic carbocycles. The molecule has 88 valence electrons. The van der Waals surface area contributed by atoms with Crippen LogP contribution in [0, 0.1) is 11.6 Å². The number of nitrogens with zero attached hydrogens (tertiary/aromatic N) is 1. The predicted molar refractivity (Wildman–Crippen MR) is 58.0 cm³/mol. The maximum atomic E-state index is 13.2. The summed E-state index contributed by atoms with van der Waals surface area (Å²) in [5, 5.41) is 3.20. The summed E-state index contributed by atoms with van der Waals surface area (Å²) in [6, 6.07) is 2.28. The lowest BCUT2D eigenvalue weighted by Crippen LogP contribution is -2.43. The van der Waals surface area contributed by atoms with Crippen molar-refractivity contribution in [3.05, 3.63) is 23.8 Å². The van der Waals surface area contributed by atoms with Crippen molar-refractivity contribution in [2.45, 2.75) is 0 Å². The lowest BCUT2D eigenvalue weighted by Gasteiger charge is -2.30. The molecule has 0 spiro atoms. The Kier molecular flexibility index (Phi) is 3.24. The van der Waals surface area contributed by atoms with E-state index in [1.54, 1.807) is 0 Å². The van der Waals surface area contributed by atoms with E-state index in [1.165, 1.54) is 13.2 Å². The van der Waals surface area contributed by atoms with Crippen LogP contribution in [0.4, 0.5) is 14.5 Å². The summed E-state index contributed by atoms with van der Waals surface area (Å²) >= 11 is 0. The fourth-order valence-electron chi connectivity index (χ4n) is 1.83. The van der Waals surface area contributed by atoms with Gasteiger partial charge in [0, 0.05) is 38.3 Å².